The van der Waals surface area contributed by atoms with Gasteiger partial charge in [-0.2, -0.15) is 0 Å². The van der Waals surface area contributed by atoms with Crippen molar-refractivity contribution in [2.24, 2.45) is 13.0 Å². The van der Waals surface area contributed by atoms with Crippen LogP contribution in [0.5, 0.6) is 11.5 Å². The van der Waals surface area contributed by atoms with Crippen molar-refractivity contribution >= 4 is 17.7 Å². The van der Waals surface area contributed by atoms with Gasteiger partial charge in [0.25, 0.3) is 0 Å². The van der Waals surface area contributed by atoms with Crippen LogP contribution in [0.3, 0.4) is 0 Å². The number of carbonyl (C=O) groups excluding carboxylic acids is 1. The number of amides is 1. The van der Waals surface area contributed by atoms with Crippen molar-refractivity contribution in [3.05, 3.63) is 30.1 Å². The molecule has 7 nitrogen and oxygen atoms in total. The zero-order chi connectivity index (χ0) is 19.7. The number of aromatic nitrogens is 3. The van der Waals surface area contributed by atoms with Crippen LogP contribution in [-0.2, 0) is 11.8 Å². The molecule has 8 heteroatoms. The van der Waals surface area contributed by atoms with Crippen LogP contribution >= 0.6 is 11.8 Å². The Morgan fingerprint density at radius 3 is 2.68 bits per heavy atom. The minimum absolute atomic E-state index is 0.174. The van der Waals surface area contributed by atoms with E-state index in [-0.39, 0.29) is 17.3 Å². The van der Waals surface area contributed by atoms with Crippen LogP contribution in [-0.4, -0.2) is 50.5 Å². The Bertz CT molecular complexity index is 848. The zero-order valence-electron chi connectivity index (χ0n) is 16.5. The molecule has 2 aliphatic rings. The number of hydrogen-bond acceptors (Lipinski definition) is 6. The van der Waals surface area contributed by atoms with Crippen LogP contribution in [0, 0.1) is 5.92 Å². The van der Waals surface area contributed by atoms with Crippen molar-refractivity contribution < 1.29 is 14.3 Å². The summed E-state index contributed by atoms with van der Waals surface area (Å²) in [7, 11) is 1.90. The highest BCUT2D eigenvalue weighted by Crippen LogP contribution is 2.36. The number of benzene rings is 1. The highest BCUT2D eigenvalue weighted by molar-refractivity contribution is 8.00. The van der Waals surface area contributed by atoms with E-state index >= 15 is 0 Å². The molecular formula is C20H26N4O3S. The Morgan fingerprint density at radius 1 is 1.21 bits per heavy atom. The molecule has 2 atom stereocenters. The number of carbonyl (C=O) groups is 1. The van der Waals surface area contributed by atoms with Crippen LogP contribution in [0.15, 0.2) is 29.4 Å². The number of piperidine rings is 1. The van der Waals surface area contributed by atoms with Crippen molar-refractivity contribution in [1.29, 1.82) is 0 Å². The summed E-state index contributed by atoms with van der Waals surface area (Å²) in [5.74, 6) is 3.02. The van der Waals surface area contributed by atoms with Crippen molar-refractivity contribution in [3.8, 4) is 11.5 Å². The maximum absolute atomic E-state index is 12.8. The molecule has 1 saturated heterocycles. The summed E-state index contributed by atoms with van der Waals surface area (Å²) in [6.45, 7) is 6.27. The number of para-hydroxylation sites is 2. The van der Waals surface area contributed by atoms with Crippen LogP contribution in [0.25, 0.3) is 0 Å². The number of thioether (sulfide) groups is 1. The monoisotopic (exact) mass is 402 g/mol. The normalized spacial score (nSPS) is 20.8. The molecule has 0 radical (unpaired) electrons. The zero-order valence-corrected chi connectivity index (χ0v) is 17.3. The molecule has 0 N–H and O–H groups in total. The van der Waals surface area contributed by atoms with Gasteiger partial charge in [-0.25, -0.2) is 0 Å². The van der Waals surface area contributed by atoms with E-state index in [1.807, 2.05) is 47.7 Å². The fourth-order valence-corrected chi connectivity index (χ4v) is 4.46. The third-order valence-corrected chi connectivity index (χ3v) is 6.51. The summed E-state index contributed by atoms with van der Waals surface area (Å²) in [5, 5.41) is 9.12. The van der Waals surface area contributed by atoms with Gasteiger partial charge in [0.2, 0.25) is 5.91 Å². The SMILES string of the molecule is CC1CCN(C(=O)C(C)Sc2nnc(C3COc4ccccc4O3)n2C)CC1. The van der Waals surface area contributed by atoms with Crippen molar-refractivity contribution in [2.45, 2.75) is 43.2 Å². The number of nitrogens with zero attached hydrogens (tertiary/aromatic N) is 4. The lowest BCUT2D eigenvalue weighted by molar-refractivity contribution is -0.131. The number of hydrogen-bond donors (Lipinski definition) is 0. The molecule has 3 heterocycles. The summed E-state index contributed by atoms with van der Waals surface area (Å²) in [6.07, 6.45) is 1.84. The lowest BCUT2D eigenvalue weighted by Gasteiger charge is -2.31. The molecule has 0 spiro atoms. The molecule has 0 aliphatic carbocycles. The molecule has 2 unspecified atom stereocenters. The number of rotatable bonds is 4. The Labute approximate surface area is 169 Å². The lowest BCUT2D eigenvalue weighted by atomic mass is 9.99. The highest BCUT2D eigenvalue weighted by atomic mass is 32.2. The van der Waals surface area contributed by atoms with Gasteiger partial charge in [-0.1, -0.05) is 30.8 Å². The van der Waals surface area contributed by atoms with Crippen LogP contribution < -0.4 is 9.47 Å². The first kappa shape index (κ1) is 19.1. The molecule has 1 fully saturated rings. The van der Waals surface area contributed by atoms with Gasteiger partial charge < -0.3 is 18.9 Å². The van der Waals surface area contributed by atoms with Gasteiger partial charge in [0.05, 0.1) is 5.25 Å². The molecule has 28 heavy (non-hydrogen) atoms. The average molecular weight is 403 g/mol. The average Bonchev–Trinajstić information content (AvgIpc) is 3.08. The van der Waals surface area contributed by atoms with Gasteiger partial charge in [-0.15, -0.1) is 10.2 Å². The highest BCUT2D eigenvalue weighted by Gasteiger charge is 2.30. The standard InChI is InChI=1S/C20H26N4O3S/c1-13-8-10-24(11-9-13)19(25)14(2)28-20-22-21-18(23(20)3)17-12-26-15-6-4-5-7-16(15)27-17/h4-7,13-14,17H,8-12H2,1-3H3. The summed E-state index contributed by atoms with van der Waals surface area (Å²) in [4.78, 5) is 14.7. The quantitative estimate of drug-likeness (QED) is 0.732. The van der Waals surface area contributed by atoms with E-state index < -0.39 is 0 Å². The van der Waals surface area contributed by atoms with E-state index in [0.717, 1.165) is 31.7 Å². The van der Waals surface area contributed by atoms with Gasteiger partial charge in [-0.3, -0.25) is 4.79 Å². The summed E-state index contributed by atoms with van der Waals surface area (Å²) >= 11 is 1.44. The molecule has 2 aliphatic heterocycles. The largest absolute Gasteiger partial charge is 0.485 e. The van der Waals surface area contributed by atoms with E-state index in [9.17, 15) is 4.79 Å². The summed E-state index contributed by atoms with van der Waals surface area (Å²) < 4.78 is 13.7. The van der Waals surface area contributed by atoms with Gasteiger partial charge in [0, 0.05) is 20.1 Å². The van der Waals surface area contributed by atoms with Crippen LogP contribution in [0.1, 0.15) is 38.6 Å². The molecule has 150 valence electrons. The predicted molar refractivity (Wildman–Crippen MR) is 107 cm³/mol. The van der Waals surface area contributed by atoms with Crippen molar-refractivity contribution in [3.63, 3.8) is 0 Å². The third kappa shape index (κ3) is 3.83. The summed E-state index contributed by atoms with van der Waals surface area (Å²) in [5.41, 5.74) is 0. The second-order valence-electron chi connectivity index (χ2n) is 7.53. The number of likely N-dealkylation sites (tertiary alicyclic amines) is 1. The lowest BCUT2D eigenvalue weighted by Crippen LogP contribution is -2.41. The molecule has 4 rings (SSSR count). The second-order valence-corrected chi connectivity index (χ2v) is 8.84. The molecule has 1 aromatic carbocycles. The van der Waals surface area contributed by atoms with E-state index in [4.69, 9.17) is 9.47 Å². The Morgan fingerprint density at radius 2 is 1.93 bits per heavy atom. The van der Waals surface area contributed by atoms with Gasteiger partial charge in [0.15, 0.2) is 28.6 Å². The number of ether oxygens (including phenoxy) is 2. The van der Waals surface area contributed by atoms with Gasteiger partial charge >= 0.3 is 0 Å². The fourth-order valence-electron chi connectivity index (χ4n) is 3.55. The van der Waals surface area contributed by atoms with Crippen LogP contribution in [0.2, 0.25) is 0 Å². The topological polar surface area (TPSA) is 69.5 Å². The molecule has 0 saturated carbocycles. The minimum atomic E-state index is -0.323. The third-order valence-electron chi connectivity index (χ3n) is 5.39. The van der Waals surface area contributed by atoms with Crippen LogP contribution in [0.4, 0.5) is 0 Å². The number of fused-ring (bicyclic) bond motifs is 1. The molecule has 0 bridgehead atoms. The van der Waals surface area contributed by atoms with E-state index in [1.54, 1.807) is 0 Å². The predicted octanol–water partition coefficient (Wildman–Crippen LogP) is 3.07. The van der Waals surface area contributed by atoms with E-state index in [1.165, 1.54) is 11.8 Å². The first-order chi connectivity index (χ1) is 13.5. The van der Waals surface area contributed by atoms with E-state index in [2.05, 4.69) is 17.1 Å². The van der Waals surface area contributed by atoms with Crippen molar-refractivity contribution in [1.82, 2.24) is 19.7 Å². The smallest absolute Gasteiger partial charge is 0.235 e. The fraction of sp³-hybridized carbons (Fsp3) is 0.550. The first-order valence-corrected chi connectivity index (χ1v) is 10.6. The van der Waals surface area contributed by atoms with Gasteiger partial charge in [-0.05, 0) is 37.8 Å². The molecule has 1 aromatic heterocycles. The second kappa shape index (κ2) is 8.03. The maximum Gasteiger partial charge on any atom is 0.235 e. The Hall–Kier alpha value is -2.22. The molecule has 2 aromatic rings. The Kier molecular flexibility index (Phi) is 5.48. The van der Waals surface area contributed by atoms with E-state index in [0.29, 0.717) is 29.3 Å². The van der Waals surface area contributed by atoms with Gasteiger partial charge in [0.1, 0.15) is 6.61 Å². The summed E-state index contributed by atoms with van der Waals surface area (Å²) in [6, 6.07) is 7.60. The first-order valence-electron chi connectivity index (χ1n) is 9.76. The minimum Gasteiger partial charge on any atom is -0.485 e. The Balaban J connectivity index is 1.42. The molecule has 1 amide bonds. The molecular weight excluding hydrogens is 376 g/mol. The maximum atomic E-state index is 12.8. The van der Waals surface area contributed by atoms with Crippen molar-refractivity contribution in [2.75, 3.05) is 19.7 Å².